The Morgan fingerprint density at radius 1 is 0.933 bits per heavy atom. The van der Waals surface area contributed by atoms with Crippen molar-refractivity contribution in [2.75, 3.05) is 0 Å². The summed E-state index contributed by atoms with van der Waals surface area (Å²) in [7, 11) is 0. The van der Waals surface area contributed by atoms with Gasteiger partial charge in [0.25, 0.3) is 0 Å². The minimum absolute atomic E-state index is 0.533. The smallest absolute Gasteiger partial charge is 0.00604 e. The number of allylic oxidation sites excluding steroid dienone is 2. The first-order valence-electron chi connectivity index (χ1n) is 12.6. The summed E-state index contributed by atoms with van der Waals surface area (Å²) in [6.45, 7) is 29.8. The highest BCUT2D eigenvalue weighted by molar-refractivity contribution is 5.70. The maximum Gasteiger partial charge on any atom is -0.00604 e. The molecular formula is C30H50. The molecule has 0 nitrogen and oxygen atoms in total. The molecule has 0 aliphatic carbocycles. The first-order valence-corrected chi connectivity index (χ1v) is 12.6. The molecule has 30 heavy (non-hydrogen) atoms. The third-order valence-corrected chi connectivity index (χ3v) is 7.54. The lowest BCUT2D eigenvalue weighted by molar-refractivity contribution is 0.234. The Kier molecular flexibility index (Phi) is 11.2. The predicted molar refractivity (Wildman–Crippen MR) is 138 cm³/mol. The Morgan fingerprint density at radius 3 is 2.00 bits per heavy atom. The average molecular weight is 411 g/mol. The topological polar surface area (TPSA) is 0 Å². The minimum atomic E-state index is 0.533. The van der Waals surface area contributed by atoms with Crippen molar-refractivity contribution in [2.45, 2.75) is 113 Å². The van der Waals surface area contributed by atoms with E-state index in [-0.39, 0.29) is 0 Å². The summed E-state index contributed by atoms with van der Waals surface area (Å²) < 4.78 is 0. The molecule has 0 spiro atoms. The largest absolute Gasteiger partial charge is 0.0998 e. The van der Waals surface area contributed by atoms with Crippen molar-refractivity contribution in [1.82, 2.24) is 0 Å². The van der Waals surface area contributed by atoms with Crippen LogP contribution < -0.4 is 0 Å². The summed E-state index contributed by atoms with van der Waals surface area (Å²) in [6.07, 6.45) is 8.63. The average Bonchev–Trinajstić information content (AvgIpc) is 2.67. The van der Waals surface area contributed by atoms with Crippen molar-refractivity contribution >= 4 is 5.57 Å². The van der Waals surface area contributed by atoms with Gasteiger partial charge in [-0.2, -0.15) is 0 Å². The van der Waals surface area contributed by atoms with Crippen molar-refractivity contribution in [3.05, 3.63) is 52.6 Å². The fourth-order valence-electron chi connectivity index (χ4n) is 5.89. The van der Waals surface area contributed by atoms with E-state index in [2.05, 4.69) is 81.5 Å². The molecule has 1 aromatic rings. The van der Waals surface area contributed by atoms with Gasteiger partial charge < -0.3 is 0 Å². The third-order valence-electron chi connectivity index (χ3n) is 7.54. The molecule has 170 valence electrons. The van der Waals surface area contributed by atoms with Crippen molar-refractivity contribution in [3.63, 3.8) is 0 Å². The Morgan fingerprint density at radius 2 is 1.57 bits per heavy atom. The second kappa shape index (κ2) is 12.5. The van der Waals surface area contributed by atoms with Crippen molar-refractivity contribution in [1.29, 1.82) is 0 Å². The van der Waals surface area contributed by atoms with Crippen LogP contribution >= 0.6 is 0 Å². The van der Waals surface area contributed by atoms with E-state index in [1.807, 2.05) is 0 Å². The Bertz CT molecular complexity index is 705. The van der Waals surface area contributed by atoms with Crippen molar-refractivity contribution < 1.29 is 0 Å². The molecule has 0 aliphatic rings. The van der Waals surface area contributed by atoms with Crippen LogP contribution in [0.25, 0.3) is 5.57 Å². The van der Waals surface area contributed by atoms with E-state index in [0.29, 0.717) is 23.7 Å². The van der Waals surface area contributed by atoms with Crippen LogP contribution in [-0.4, -0.2) is 0 Å². The zero-order valence-electron chi connectivity index (χ0n) is 21.8. The molecule has 0 heterocycles. The van der Waals surface area contributed by atoms with Crippen LogP contribution in [0.2, 0.25) is 0 Å². The van der Waals surface area contributed by atoms with E-state index in [1.54, 1.807) is 5.56 Å². The van der Waals surface area contributed by atoms with Gasteiger partial charge in [0.05, 0.1) is 0 Å². The van der Waals surface area contributed by atoms with E-state index in [1.165, 1.54) is 71.9 Å². The monoisotopic (exact) mass is 410 g/mol. The van der Waals surface area contributed by atoms with Crippen LogP contribution in [0.5, 0.6) is 0 Å². The molecule has 4 unspecified atom stereocenters. The molecule has 1 aromatic carbocycles. The molecule has 0 amide bonds. The second-order valence-corrected chi connectivity index (χ2v) is 9.85. The van der Waals surface area contributed by atoms with Gasteiger partial charge in [0, 0.05) is 0 Å². The molecule has 0 heteroatoms. The molecule has 0 aliphatic heterocycles. The molecule has 0 N–H and O–H groups in total. The van der Waals surface area contributed by atoms with Crippen LogP contribution in [0.4, 0.5) is 0 Å². The number of hydrogen-bond donors (Lipinski definition) is 0. The summed E-state index contributed by atoms with van der Waals surface area (Å²) in [5.74, 6) is 2.46. The standard InChI is InChI=1S/C30H50/c1-12-16-17-18-25-19-23(10)29(24(11)28(25)21(7)8)30(26(14-3)20(5)6)27(15-4)22(9)13-2/h19,22,26-27,30H,5,7,12-18H2,1-4,6,8-11H3. The normalized spacial score (nSPS) is 15.5. The minimum Gasteiger partial charge on any atom is -0.0998 e. The van der Waals surface area contributed by atoms with Crippen LogP contribution in [0, 0.1) is 31.6 Å². The molecule has 0 saturated carbocycles. The Hall–Kier alpha value is -1.30. The first-order chi connectivity index (χ1) is 14.2. The maximum absolute atomic E-state index is 4.44. The highest BCUT2D eigenvalue weighted by Crippen LogP contribution is 2.47. The summed E-state index contributed by atoms with van der Waals surface area (Å²) in [4.78, 5) is 0. The van der Waals surface area contributed by atoms with Gasteiger partial charge in [0.15, 0.2) is 0 Å². The Balaban J connectivity index is 3.76. The van der Waals surface area contributed by atoms with E-state index in [9.17, 15) is 0 Å². The molecular weight excluding hydrogens is 360 g/mol. The molecule has 1 rings (SSSR count). The van der Waals surface area contributed by atoms with Gasteiger partial charge in [0.2, 0.25) is 0 Å². The molecule has 4 atom stereocenters. The first kappa shape index (κ1) is 26.7. The van der Waals surface area contributed by atoms with Crippen LogP contribution in [0.3, 0.4) is 0 Å². The molecule has 0 radical (unpaired) electrons. The van der Waals surface area contributed by atoms with Gasteiger partial charge in [-0.05, 0) is 98.4 Å². The van der Waals surface area contributed by atoms with E-state index in [0.717, 1.165) is 6.42 Å². The van der Waals surface area contributed by atoms with Crippen molar-refractivity contribution in [2.24, 2.45) is 17.8 Å². The summed E-state index contributed by atoms with van der Waals surface area (Å²) in [6, 6.07) is 2.50. The maximum atomic E-state index is 4.44. The van der Waals surface area contributed by atoms with Crippen molar-refractivity contribution in [3.8, 4) is 0 Å². The number of hydrogen-bond acceptors (Lipinski definition) is 0. The van der Waals surface area contributed by atoms with Gasteiger partial charge in [-0.25, -0.2) is 0 Å². The SMILES string of the molecule is C=C(C)c1c(CCCCC)cc(C)c(C(C(CC)C(=C)C)C(CC)C(C)CC)c1C. The zero-order chi connectivity index (χ0) is 23.0. The highest BCUT2D eigenvalue weighted by atomic mass is 14.4. The molecule has 0 bridgehead atoms. The summed E-state index contributed by atoms with van der Waals surface area (Å²) in [5, 5.41) is 0. The number of unbranched alkanes of at least 4 members (excludes halogenated alkanes) is 2. The highest BCUT2D eigenvalue weighted by Gasteiger charge is 2.35. The lowest BCUT2D eigenvalue weighted by Gasteiger charge is -2.39. The quantitative estimate of drug-likeness (QED) is 0.224. The van der Waals surface area contributed by atoms with E-state index in [4.69, 9.17) is 0 Å². The van der Waals surface area contributed by atoms with Crippen LogP contribution in [0.1, 0.15) is 121 Å². The number of benzene rings is 1. The second-order valence-electron chi connectivity index (χ2n) is 9.85. The Labute approximate surface area is 189 Å². The summed E-state index contributed by atoms with van der Waals surface area (Å²) in [5.41, 5.74) is 10.1. The van der Waals surface area contributed by atoms with Gasteiger partial charge in [-0.3, -0.25) is 0 Å². The van der Waals surface area contributed by atoms with E-state index < -0.39 is 0 Å². The molecule has 0 aromatic heterocycles. The van der Waals surface area contributed by atoms with Gasteiger partial charge in [0.1, 0.15) is 0 Å². The fourth-order valence-corrected chi connectivity index (χ4v) is 5.89. The van der Waals surface area contributed by atoms with Crippen LogP contribution in [-0.2, 0) is 6.42 Å². The van der Waals surface area contributed by atoms with Gasteiger partial charge >= 0.3 is 0 Å². The number of rotatable bonds is 13. The third kappa shape index (κ3) is 6.12. The van der Waals surface area contributed by atoms with E-state index >= 15 is 0 Å². The van der Waals surface area contributed by atoms with Gasteiger partial charge in [-0.1, -0.05) is 90.7 Å². The summed E-state index contributed by atoms with van der Waals surface area (Å²) >= 11 is 0. The lowest BCUT2D eigenvalue weighted by atomic mass is 9.65. The number of aryl methyl sites for hydroxylation is 2. The fraction of sp³-hybridized carbons (Fsp3) is 0.667. The molecule has 0 saturated heterocycles. The van der Waals surface area contributed by atoms with Crippen LogP contribution in [0.15, 0.2) is 24.8 Å². The molecule has 0 fully saturated rings. The van der Waals surface area contributed by atoms with Gasteiger partial charge in [-0.15, -0.1) is 0 Å². The zero-order valence-corrected chi connectivity index (χ0v) is 21.8. The predicted octanol–water partition coefficient (Wildman–Crippen LogP) is 9.83. The lowest BCUT2D eigenvalue weighted by Crippen LogP contribution is -2.28.